The van der Waals surface area contributed by atoms with Crippen LogP contribution in [0.25, 0.3) is 22.6 Å². The van der Waals surface area contributed by atoms with E-state index in [2.05, 4.69) is 25.6 Å². The van der Waals surface area contributed by atoms with E-state index in [0.717, 1.165) is 18.4 Å². The third kappa shape index (κ3) is 5.67. The molecule has 6 rings (SSSR count). The van der Waals surface area contributed by atoms with Crippen LogP contribution in [0.4, 0.5) is 10.3 Å². The fraction of sp³-hybridized carbons (Fsp3) is 0.310. The zero-order chi connectivity index (χ0) is 26.8. The Hall–Kier alpha value is -4.15. The molecule has 2 aliphatic rings. The summed E-state index contributed by atoms with van der Waals surface area (Å²) in [5.41, 5.74) is 2.73. The first-order valence-electron chi connectivity index (χ1n) is 13.0. The van der Waals surface area contributed by atoms with Crippen molar-refractivity contribution in [3.05, 3.63) is 84.1 Å². The van der Waals surface area contributed by atoms with Gasteiger partial charge in [0.2, 0.25) is 18.1 Å². The molecule has 10 heteroatoms. The monoisotopic (exact) mass is 528 g/mol. The van der Waals surface area contributed by atoms with Crippen LogP contribution in [-0.4, -0.2) is 45.1 Å². The third-order valence-corrected chi connectivity index (χ3v) is 6.84. The molecule has 2 fully saturated rings. The molecule has 200 valence electrons. The van der Waals surface area contributed by atoms with E-state index in [-0.39, 0.29) is 24.9 Å². The van der Waals surface area contributed by atoms with Crippen molar-refractivity contribution in [3.8, 4) is 22.6 Å². The van der Waals surface area contributed by atoms with Crippen LogP contribution in [0.1, 0.15) is 37.4 Å². The Balaban J connectivity index is 1.21. The van der Waals surface area contributed by atoms with E-state index in [0.29, 0.717) is 47.0 Å². The van der Waals surface area contributed by atoms with E-state index in [1.54, 1.807) is 24.4 Å². The Morgan fingerprint density at radius 1 is 1.05 bits per heavy atom. The average molecular weight is 529 g/mol. The molecule has 1 aliphatic heterocycles. The van der Waals surface area contributed by atoms with E-state index in [1.807, 2.05) is 37.3 Å². The molecule has 1 saturated heterocycles. The molecule has 39 heavy (non-hydrogen) atoms. The number of carbonyl (C=O) groups is 1. The zero-order valence-electron chi connectivity index (χ0n) is 21.5. The second kappa shape index (κ2) is 10.5. The Kier molecular flexibility index (Phi) is 6.80. The van der Waals surface area contributed by atoms with Crippen LogP contribution in [0, 0.1) is 11.2 Å². The highest BCUT2D eigenvalue weighted by Crippen LogP contribution is 2.36. The highest BCUT2D eigenvalue weighted by molar-refractivity contribution is 5.82. The molecule has 0 radical (unpaired) electrons. The lowest BCUT2D eigenvalue weighted by Crippen LogP contribution is -2.48. The normalized spacial score (nSPS) is 20.9. The number of H-pyrrole nitrogens is 1. The fourth-order valence-corrected chi connectivity index (χ4v) is 4.37. The molecule has 9 nitrogen and oxygen atoms in total. The van der Waals surface area contributed by atoms with Gasteiger partial charge in [-0.05, 0) is 55.7 Å². The maximum absolute atomic E-state index is 13.7. The number of imidazole rings is 1. The number of nitrogens with zero attached hydrogens (tertiary/aromatic N) is 3. The molecular formula is C29H29FN6O3. The number of benzene rings is 2. The van der Waals surface area contributed by atoms with E-state index < -0.39 is 11.7 Å². The Morgan fingerprint density at radius 2 is 1.79 bits per heavy atom. The molecule has 3 N–H and O–H groups in total. The van der Waals surface area contributed by atoms with Crippen LogP contribution in [0.5, 0.6) is 0 Å². The number of ether oxygens (including phenoxy) is 2. The first-order chi connectivity index (χ1) is 19.0. The van der Waals surface area contributed by atoms with Gasteiger partial charge in [0.25, 0.3) is 0 Å². The lowest BCUT2D eigenvalue weighted by molar-refractivity contribution is -0.231. The summed E-state index contributed by atoms with van der Waals surface area (Å²) < 4.78 is 25.7. The molecular weight excluding hydrogens is 499 g/mol. The van der Waals surface area contributed by atoms with Crippen molar-refractivity contribution < 1.29 is 18.7 Å². The van der Waals surface area contributed by atoms with Crippen LogP contribution in [0.15, 0.2) is 66.9 Å². The van der Waals surface area contributed by atoms with E-state index in [1.165, 1.54) is 12.1 Å². The van der Waals surface area contributed by atoms with Crippen molar-refractivity contribution in [2.45, 2.75) is 38.6 Å². The molecule has 1 aliphatic carbocycles. The first kappa shape index (κ1) is 25.1. The summed E-state index contributed by atoms with van der Waals surface area (Å²) in [6, 6.07) is 18.0. The quantitative estimate of drug-likeness (QED) is 0.306. The molecule has 1 saturated carbocycles. The van der Waals surface area contributed by atoms with Gasteiger partial charge in [-0.3, -0.25) is 4.79 Å². The molecule has 1 amide bonds. The average Bonchev–Trinajstić information content (AvgIpc) is 3.67. The molecule has 0 bridgehead atoms. The van der Waals surface area contributed by atoms with Crippen LogP contribution >= 0.6 is 0 Å². The number of aromatic amines is 1. The van der Waals surface area contributed by atoms with Crippen molar-refractivity contribution in [1.82, 2.24) is 25.3 Å². The summed E-state index contributed by atoms with van der Waals surface area (Å²) in [4.78, 5) is 30.0. The topological polar surface area (TPSA) is 114 Å². The number of anilines is 1. The number of hydrogen-bond donors (Lipinski definition) is 3. The Labute approximate surface area is 225 Å². The largest absolute Gasteiger partial charge is 0.351 e. The van der Waals surface area contributed by atoms with Crippen LogP contribution in [0.2, 0.25) is 0 Å². The summed E-state index contributed by atoms with van der Waals surface area (Å²) in [7, 11) is 0. The minimum atomic E-state index is -0.851. The van der Waals surface area contributed by atoms with Crippen molar-refractivity contribution >= 4 is 11.9 Å². The predicted molar refractivity (Wildman–Crippen MR) is 143 cm³/mol. The SMILES string of the molecule is CC1(C(=O)NCc2ccccc2)COC(c2nc(-c3ccc(F)cc3)c(-c3ccnc(NC4CC4)n3)[nH]2)OC1. The minimum absolute atomic E-state index is 0.145. The summed E-state index contributed by atoms with van der Waals surface area (Å²) in [6.07, 6.45) is 3.08. The number of halogens is 1. The minimum Gasteiger partial charge on any atom is -0.351 e. The van der Waals surface area contributed by atoms with Crippen molar-refractivity contribution in [2.75, 3.05) is 18.5 Å². The van der Waals surface area contributed by atoms with Gasteiger partial charge in [-0.2, -0.15) is 0 Å². The van der Waals surface area contributed by atoms with Crippen LogP contribution in [0.3, 0.4) is 0 Å². The summed E-state index contributed by atoms with van der Waals surface area (Å²) in [6.45, 7) is 2.56. The van der Waals surface area contributed by atoms with Gasteiger partial charge in [-0.1, -0.05) is 30.3 Å². The maximum Gasteiger partial charge on any atom is 0.230 e. The lowest BCUT2D eigenvalue weighted by Gasteiger charge is -2.35. The Morgan fingerprint density at radius 3 is 2.51 bits per heavy atom. The standard InChI is InChI=1S/C29H29FN6O3/c1-29(27(37)32-15-18-5-3-2-4-6-18)16-38-26(39-17-29)25-35-23(19-7-9-20(30)10-8-19)24(36-25)22-13-14-31-28(34-22)33-21-11-12-21/h2-10,13-14,21,26H,11-12,15-17H2,1H3,(H,32,37)(H,35,36)(H,31,33,34). The molecule has 3 heterocycles. The van der Waals surface area contributed by atoms with Crippen molar-refractivity contribution in [3.63, 3.8) is 0 Å². The fourth-order valence-electron chi connectivity index (χ4n) is 4.37. The molecule has 0 spiro atoms. The number of carbonyl (C=O) groups excluding carboxylic acids is 1. The summed E-state index contributed by atoms with van der Waals surface area (Å²) in [5.74, 6) is 0.497. The second-order valence-corrected chi connectivity index (χ2v) is 10.2. The van der Waals surface area contributed by atoms with Crippen LogP contribution in [-0.2, 0) is 20.8 Å². The van der Waals surface area contributed by atoms with Crippen LogP contribution < -0.4 is 10.6 Å². The number of nitrogens with one attached hydrogen (secondary N) is 3. The summed E-state index contributed by atoms with van der Waals surface area (Å²) >= 11 is 0. The smallest absolute Gasteiger partial charge is 0.230 e. The highest BCUT2D eigenvalue weighted by atomic mass is 19.1. The number of hydrogen-bond acceptors (Lipinski definition) is 7. The van der Waals surface area contributed by atoms with E-state index in [4.69, 9.17) is 14.5 Å². The number of amides is 1. The third-order valence-electron chi connectivity index (χ3n) is 6.84. The molecule has 0 unspecified atom stereocenters. The number of rotatable bonds is 8. The summed E-state index contributed by atoms with van der Waals surface area (Å²) in [5, 5.41) is 6.28. The second-order valence-electron chi connectivity index (χ2n) is 10.2. The zero-order valence-corrected chi connectivity index (χ0v) is 21.5. The number of aromatic nitrogens is 4. The molecule has 2 aromatic carbocycles. The van der Waals surface area contributed by atoms with Crippen molar-refractivity contribution in [2.24, 2.45) is 5.41 Å². The first-order valence-corrected chi connectivity index (χ1v) is 13.0. The maximum atomic E-state index is 13.7. The molecule has 4 aromatic rings. The van der Waals surface area contributed by atoms with Gasteiger partial charge in [0.1, 0.15) is 5.82 Å². The lowest BCUT2D eigenvalue weighted by atomic mass is 9.91. The van der Waals surface area contributed by atoms with Gasteiger partial charge in [0.15, 0.2) is 5.82 Å². The van der Waals surface area contributed by atoms with Crippen molar-refractivity contribution in [1.29, 1.82) is 0 Å². The van der Waals surface area contributed by atoms with Gasteiger partial charge < -0.3 is 25.1 Å². The van der Waals surface area contributed by atoms with Gasteiger partial charge in [0, 0.05) is 24.3 Å². The molecule has 2 aromatic heterocycles. The van der Waals surface area contributed by atoms with Gasteiger partial charge >= 0.3 is 0 Å². The van der Waals surface area contributed by atoms with Gasteiger partial charge in [-0.25, -0.2) is 19.3 Å². The van der Waals surface area contributed by atoms with Gasteiger partial charge in [-0.15, -0.1) is 0 Å². The van der Waals surface area contributed by atoms with Gasteiger partial charge in [0.05, 0.1) is 35.7 Å². The Bertz CT molecular complexity index is 1450. The van der Waals surface area contributed by atoms with E-state index in [9.17, 15) is 9.18 Å². The van der Waals surface area contributed by atoms with E-state index >= 15 is 0 Å². The molecule has 0 atom stereocenters. The predicted octanol–water partition coefficient (Wildman–Crippen LogP) is 4.62. The highest BCUT2D eigenvalue weighted by Gasteiger charge is 2.40.